The van der Waals surface area contributed by atoms with Gasteiger partial charge in [0.15, 0.2) is 0 Å². The SMILES string of the molecule is O=C(NCc1ccsc1)c1ccc(Cl)c([N+](=O)[O-])c1. The molecule has 98 valence electrons. The summed E-state index contributed by atoms with van der Waals surface area (Å²) in [6, 6.07) is 5.87. The van der Waals surface area contributed by atoms with Gasteiger partial charge in [0, 0.05) is 18.2 Å². The first-order valence-electron chi connectivity index (χ1n) is 5.31. The first-order chi connectivity index (χ1) is 9.08. The number of nitro benzene ring substituents is 1. The van der Waals surface area contributed by atoms with Gasteiger partial charge in [-0.25, -0.2) is 0 Å². The van der Waals surface area contributed by atoms with Crippen molar-refractivity contribution < 1.29 is 9.72 Å². The summed E-state index contributed by atoms with van der Waals surface area (Å²) in [5.41, 5.74) is 0.929. The van der Waals surface area contributed by atoms with Gasteiger partial charge in [-0.2, -0.15) is 11.3 Å². The molecule has 0 unspecified atom stereocenters. The maximum absolute atomic E-state index is 11.9. The van der Waals surface area contributed by atoms with Crippen LogP contribution in [0.3, 0.4) is 0 Å². The van der Waals surface area contributed by atoms with Gasteiger partial charge in [-0.15, -0.1) is 0 Å². The molecule has 2 rings (SSSR count). The van der Waals surface area contributed by atoms with Crippen molar-refractivity contribution in [2.24, 2.45) is 0 Å². The van der Waals surface area contributed by atoms with Crippen LogP contribution in [0.5, 0.6) is 0 Å². The van der Waals surface area contributed by atoms with Crippen molar-refractivity contribution in [3.63, 3.8) is 0 Å². The summed E-state index contributed by atoms with van der Waals surface area (Å²) in [6.45, 7) is 0.388. The molecule has 0 aliphatic rings. The molecular formula is C12H9ClN2O3S. The van der Waals surface area contributed by atoms with Gasteiger partial charge in [-0.1, -0.05) is 11.6 Å². The Morgan fingerprint density at radius 1 is 1.42 bits per heavy atom. The lowest BCUT2D eigenvalue weighted by molar-refractivity contribution is -0.384. The molecule has 0 aliphatic heterocycles. The van der Waals surface area contributed by atoms with Crippen LogP contribution in [0, 0.1) is 10.1 Å². The van der Waals surface area contributed by atoms with E-state index in [2.05, 4.69) is 5.32 Å². The molecule has 0 saturated carbocycles. The monoisotopic (exact) mass is 296 g/mol. The number of nitrogens with one attached hydrogen (secondary N) is 1. The van der Waals surface area contributed by atoms with Gasteiger partial charge < -0.3 is 5.32 Å². The van der Waals surface area contributed by atoms with Crippen LogP contribution in [0.2, 0.25) is 5.02 Å². The molecule has 1 aromatic carbocycles. The number of hydrogen-bond donors (Lipinski definition) is 1. The third kappa shape index (κ3) is 3.30. The number of nitrogens with zero attached hydrogens (tertiary/aromatic N) is 1. The van der Waals surface area contributed by atoms with E-state index in [-0.39, 0.29) is 22.2 Å². The quantitative estimate of drug-likeness (QED) is 0.695. The van der Waals surface area contributed by atoms with Crippen LogP contribution in [0.1, 0.15) is 15.9 Å². The lowest BCUT2D eigenvalue weighted by Gasteiger charge is -2.04. The van der Waals surface area contributed by atoms with Crippen molar-refractivity contribution in [1.82, 2.24) is 5.32 Å². The van der Waals surface area contributed by atoms with E-state index in [1.165, 1.54) is 29.5 Å². The second kappa shape index (κ2) is 5.81. The van der Waals surface area contributed by atoms with Crippen LogP contribution in [0.25, 0.3) is 0 Å². The molecule has 0 spiro atoms. The van der Waals surface area contributed by atoms with Crippen LogP contribution in [0.15, 0.2) is 35.0 Å². The third-order valence-corrected chi connectivity index (χ3v) is 3.49. The number of amides is 1. The van der Waals surface area contributed by atoms with Crippen LogP contribution in [-0.4, -0.2) is 10.8 Å². The predicted octanol–water partition coefficient (Wildman–Crippen LogP) is 3.24. The third-order valence-electron chi connectivity index (χ3n) is 2.44. The lowest BCUT2D eigenvalue weighted by Crippen LogP contribution is -2.22. The standard InChI is InChI=1S/C12H9ClN2O3S/c13-10-2-1-9(5-11(10)15(17)18)12(16)14-6-8-3-4-19-7-8/h1-5,7H,6H2,(H,14,16). The molecule has 5 nitrogen and oxygen atoms in total. The molecule has 0 saturated heterocycles. The van der Waals surface area contributed by atoms with Gasteiger partial charge in [0.1, 0.15) is 5.02 Å². The molecule has 19 heavy (non-hydrogen) atoms. The number of hydrogen-bond acceptors (Lipinski definition) is 4. The first kappa shape index (κ1) is 13.5. The highest BCUT2D eigenvalue weighted by Gasteiger charge is 2.16. The molecule has 0 atom stereocenters. The van der Waals surface area contributed by atoms with Gasteiger partial charge in [-0.3, -0.25) is 14.9 Å². The number of nitro groups is 1. The fourth-order valence-corrected chi connectivity index (χ4v) is 2.33. The van der Waals surface area contributed by atoms with Gasteiger partial charge in [-0.05, 0) is 34.5 Å². The zero-order valence-electron chi connectivity index (χ0n) is 9.63. The zero-order chi connectivity index (χ0) is 13.8. The lowest BCUT2D eigenvalue weighted by atomic mass is 10.2. The Bertz CT molecular complexity index is 613. The molecular weight excluding hydrogens is 288 g/mol. The number of benzene rings is 1. The molecule has 1 N–H and O–H groups in total. The highest BCUT2D eigenvalue weighted by atomic mass is 35.5. The Balaban J connectivity index is 2.11. The van der Waals surface area contributed by atoms with E-state index in [0.717, 1.165) is 5.56 Å². The van der Waals surface area contributed by atoms with Crippen LogP contribution < -0.4 is 5.32 Å². The van der Waals surface area contributed by atoms with E-state index in [9.17, 15) is 14.9 Å². The molecule has 0 fully saturated rings. The maximum atomic E-state index is 11.9. The number of rotatable bonds is 4. The average molecular weight is 297 g/mol. The second-order valence-electron chi connectivity index (χ2n) is 3.74. The Hall–Kier alpha value is -1.92. The average Bonchev–Trinajstić information content (AvgIpc) is 2.89. The molecule has 7 heteroatoms. The maximum Gasteiger partial charge on any atom is 0.288 e. The minimum atomic E-state index is -0.613. The van der Waals surface area contributed by atoms with Crippen molar-refractivity contribution in [2.75, 3.05) is 0 Å². The summed E-state index contributed by atoms with van der Waals surface area (Å²) in [4.78, 5) is 22.0. The number of carbonyl (C=O) groups excluding carboxylic acids is 1. The fourth-order valence-electron chi connectivity index (χ4n) is 1.47. The Kier molecular flexibility index (Phi) is 4.13. The molecule has 1 amide bonds. The van der Waals surface area contributed by atoms with Gasteiger partial charge in [0.25, 0.3) is 11.6 Å². The van der Waals surface area contributed by atoms with Crippen LogP contribution in [-0.2, 0) is 6.54 Å². The molecule has 1 aromatic heterocycles. The molecule has 0 radical (unpaired) electrons. The van der Waals surface area contributed by atoms with Gasteiger partial charge in [0.2, 0.25) is 0 Å². The smallest absolute Gasteiger partial charge is 0.288 e. The minimum Gasteiger partial charge on any atom is -0.348 e. The largest absolute Gasteiger partial charge is 0.348 e. The van der Waals surface area contributed by atoms with Crippen molar-refractivity contribution in [2.45, 2.75) is 6.54 Å². The number of halogens is 1. The number of carbonyl (C=O) groups is 1. The van der Waals surface area contributed by atoms with Crippen molar-refractivity contribution in [3.05, 3.63) is 61.3 Å². The minimum absolute atomic E-state index is 0.0133. The Morgan fingerprint density at radius 2 is 2.21 bits per heavy atom. The molecule has 1 heterocycles. The van der Waals surface area contributed by atoms with Gasteiger partial charge in [0.05, 0.1) is 4.92 Å². The van der Waals surface area contributed by atoms with Crippen molar-refractivity contribution in [1.29, 1.82) is 0 Å². The highest BCUT2D eigenvalue weighted by Crippen LogP contribution is 2.25. The molecule has 0 aliphatic carbocycles. The van der Waals surface area contributed by atoms with Crippen LogP contribution in [0.4, 0.5) is 5.69 Å². The van der Waals surface area contributed by atoms with Crippen molar-refractivity contribution in [3.8, 4) is 0 Å². The van der Waals surface area contributed by atoms with Crippen molar-refractivity contribution >= 4 is 34.5 Å². The first-order valence-corrected chi connectivity index (χ1v) is 6.63. The summed E-state index contributed by atoms with van der Waals surface area (Å²) >= 11 is 7.22. The van der Waals surface area contributed by atoms with E-state index in [1.54, 1.807) is 0 Å². The summed E-state index contributed by atoms with van der Waals surface area (Å²) < 4.78 is 0. The van der Waals surface area contributed by atoms with E-state index in [0.29, 0.717) is 6.54 Å². The highest BCUT2D eigenvalue weighted by molar-refractivity contribution is 7.07. The van der Waals surface area contributed by atoms with E-state index in [1.807, 2.05) is 16.8 Å². The Morgan fingerprint density at radius 3 is 2.84 bits per heavy atom. The zero-order valence-corrected chi connectivity index (χ0v) is 11.2. The fraction of sp³-hybridized carbons (Fsp3) is 0.0833. The van der Waals surface area contributed by atoms with E-state index >= 15 is 0 Å². The van der Waals surface area contributed by atoms with Gasteiger partial charge >= 0.3 is 0 Å². The summed E-state index contributed by atoms with van der Waals surface area (Å²) in [7, 11) is 0. The molecule has 2 aromatic rings. The Labute approximate surface area is 118 Å². The van der Waals surface area contributed by atoms with E-state index in [4.69, 9.17) is 11.6 Å². The number of thiophene rings is 1. The van der Waals surface area contributed by atoms with Crippen LogP contribution >= 0.6 is 22.9 Å². The topological polar surface area (TPSA) is 72.2 Å². The summed E-state index contributed by atoms with van der Waals surface area (Å²) in [5.74, 6) is -0.369. The summed E-state index contributed by atoms with van der Waals surface area (Å²) in [6.07, 6.45) is 0. The normalized spacial score (nSPS) is 10.2. The van der Waals surface area contributed by atoms with E-state index < -0.39 is 4.92 Å². The molecule has 0 bridgehead atoms. The predicted molar refractivity (Wildman–Crippen MR) is 73.6 cm³/mol. The second-order valence-corrected chi connectivity index (χ2v) is 4.92. The summed E-state index contributed by atoms with van der Waals surface area (Å²) in [5, 5.41) is 17.3.